The fourth-order valence-electron chi connectivity index (χ4n) is 1.67. The molecule has 0 aliphatic rings. The van der Waals surface area contributed by atoms with Crippen LogP contribution in [0.3, 0.4) is 0 Å². The fourth-order valence-corrected chi connectivity index (χ4v) is 1.83. The Balaban J connectivity index is 1.93. The van der Waals surface area contributed by atoms with Gasteiger partial charge < -0.3 is 15.2 Å². The van der Waals surface area contributed by atoms with Gasteiger partial charge in [-0.15, -0.1) is 0 Å². The van der Waals surface area contributed by atoms with Crippen LogP contribution in [0.25, 0.3) is 0 Å². The lowest BCUT2D eigenvalue weighted by Crippen LogP contribution is -2.24. The van der Waals surface area contributed by atoms with Crippen LogP contribution in [0.5, 0.6) is 11.5 Å². The number of hydrazone groups is 1. The van der Waals surface area contributed by atoms with Gasteiger partial charge in [0.25, 0.3) is 0 Å². The van der Waals surface area contributed by atoms with E-state index in [9.17, 15) is 5.11 Å². The molecule has 2 aromatic rings. The minimum Gasteiger partial charge on any atom is -0.508 e. The number of phenolic OH excluding ortho intramolecular Hbond substituents is 1. The van der Waals surface area contributed by atoms with E-state index in [0.29, 0.717) is 10.9 Å². The van der Waals surface area contributed by atoms with Gasteiger partial charge in [-0.1, -0.05) is 24.3 Å². The van der Waals surface area contributed by atoms with Crippen molar-refractivity contribution in [1.29, 1.82) is 0 Å². The van der Waals surface area contributed by atoms with Crippen molar-refractivity contribution in [2.45, 2.75) is 0 Å². The smallest absolute Gasteiger partial charge is 0.191 e. The lowest BCUT2D eigenvalue weighted by atomic mass is 10.2. The Morgan fingerprint density at radius 2 is 2.05 bits per heavy atom. The zero-order valence-corrected chi connectivity index (χ0v) is 12.2. The summed E-state index contributed by atoms with van der Waals surface area (Å²) in [5.41, 5.74) is 4.22. The highest BCUT2D eigenvalue weighted by molar-refractivity contribution is 7.80. The molecule has 0 fully saturated rings. The predicted octanol–water partition coefficient (Wildman–Crippen LogP) is 2.72. The Morgan fingerprint density at radius 3 is 2.81 bits per heavy atom. The van der Waals surface area contributed by atoms with Crippen molar-refractivity contribution in [3.63, 3.8) is 0 Å². The lowest BCUT2D eigenvalue weighted by Gasteiger charge is -2.10. The molecule has 0 radical (unpaired) electrons. The van der Waals surface area contributed by atoms with Crippen molar-refractivity contribution in [3.8, 4) is 11.5 Å². The molecule has 0 aliphatic heterocycles. The number of methoxy groups -OCH3 is 1. The third-order valence-corrected chi connectivity index (χ3v) is 2.80. The normalized spacial score (nSPS) is 10.3. The van der Waals surface area contributed by atoms with E-state index in [2.05, 4.69) is 15.8 Å². The van der Waals surface area contributed by atoms with Crippen LogP contribution in [0.2, 0.25) is 0 Å². The van der Waals surface area contributed by atoms with Crippen LogP contribution in [0.1, 0.15) is 5.56 Å². The molecule has 0 spiro atoms. The number of ether oxygens (including phenoxy) is 1. The van der Waals surface area contributed by atoms with E-state index in [0.717, 1.165) is 11.3 Å². The standard InChI is InChI=1S/C15H15N3O2S/c1-20-14-8-3-2-7-13(14)17-15(21)18-16-10-11-5-4-6-12(19)9-11/h2-10,19H,1H3,(H2,17,18,21)/b16-10+. The average molecular weight is 301 g/mol. The largest absolute Gasteiger partial charge is 0.508 e. The quantitative estimate of drug-likeness (QED) is 0.460. The number of anilines is 1. The second-order valence-electron chi connectivity index (χ2n) is 4.12. The maximum Gasteiger partial charge on any atom is 0.191 e. The number of rotatable bonds is 4. The molecule has 2 rings (SSSR count). The lowest BCUT2D eigenvalue weighted by molar-refractivity contribution is 0.417. The zero-order chi connectivity index (χ0) is 15.1. The van der Waals surface area contributed by atoms with Gasteiger partial charge in [-0.25, -0.2) is 0 Å². The monoisotopic (exact) mass is 301 g/mol. The Hall–Kier alpha value is -2.60. The molecule has 0 bridgehead atoms. The van der Waals surface area contributed by atoms with E-state index in [1.807, 2.05) is 30.3 Å². The minimum atomic E-state index is 0.189. The molecule has 2 aromatic carbocycles. The van der Waals surface area contributed by atoms with Crippen LogP contribution in [-0.2, 0) is 0 Å². The molecular formula is C15H15N3O2S. The first-order valence-electron chi connectivity index (χ1n) is 6.21. The summed E-state index contributed by atoms with van der Waals surface area (Å²) in [6, 6.07) is 14.2. The van der Waals surface area contributed by atoms with Crippen LogP contribution in [-0.4, -0.2) is 23.5 Å². The van der Waals surface area contributed by atoms with Gasteiger partial charge in [0.05, 0.1) is 19.0 Å². The molecule has 0 saturated carbocycles. The van der Waals surface area contributed by atoms with E-state index in [-0.39, 0.29) is 5.75 Å². The number of benzene rings is 2. The van der Waals surface area contributed by atoms with Crippen LogP contribution in [0.15, 0.2) is 53.6 Å². The predicted molar refractivity (Wildman–Crippen MR) is 88.1 cm³/mol. The topological polar surface area (TPSA) is 65.9 Å². The molecule has 0 aliphatic carbocycles. The fraction of sp³-hybridized carbons (Fsp3) is 0.0667. The Labute approximate surface area is 128 Å². The molecule has 0 atom stereocenters. The number of para-hydroxylation sites is 2. The number of nitrogens with one attached hydrogen (secondary N) is 2. The van der Waals surface area contributed by atoms with Gasteiger partial charge in [0.1, 0.15) is 11.5 Å². The Kier molecular flexibility index (Phi) is 5.11. The van der Waals surface area contributed by atoms with Gasteiger partial charge >= 0.3 is 0 Å². The van der Waals surface area contributed by atoms with Crippen LogP contribution in [0, 0.1) is 0 Å². The van der Waals surface area contributed by atoms with Crippen molar-refractivity contribution >= 4 is 29.2 Å². The minimum absolute atomic E-state index is 0.189. The molecule has 5 nitrogen and oxygen atoms in total. The highest BCUT2D eigenvalue weighted by Crippen LogP contribution is 2.22. The van der Waals surface area contributed by atoms with Crippen LogP contribution in [0.4, 0.5) is 5.69 Å². The van der Waals surface area contributed by atoms with Gasteiger partial charge in [0.2, 0.25) is 0 Å². The summed E-state index contributed by atoms with van der Waals surface area (Å²) < 4.78 is 5.22. The number of thiocarbonyl (C=S) groups is 1. The SMILES string of the molecule is COc1ccccc1NC(=S)N/N=C/c1cccc(O)c1. The summed E-state index contributed by atoms with van der Waals surface area (Å²) in [5, 5.41) is 16.7. The van der Waals surface area contributed by atoms with Crippen molar-refractivity contribution in [1.82, 2.24) is 5.43 Å². The van der Waals surface area contributed by atoms with Crippen LogP contribution >= 0.6 is 12.2 Å². The third kappa shape index (κ3) is 4.47. The van der Waals surface area contributed by atoms with E-state index < -0.39 is 0 Å². The molecule has 0 aromatic heterocycles. The maximum atomic E-state index is 9.34. The van der Waals surface area contributed by atoms with Gasteiger partial charge in [0, 0.05) is 0 Å². The molecule has 108 valence electrons. The van der Waals surface area contributed by atoms with E-state index in [1.54, 1.807) is 31.5 Å². The van der Waals surface area contributed by atoms with Crippen molar-refractivity contribution < 1.29 is 9.84 Å². The third-order valence-electron chi connectivity index (χ3n) is 2.61. The zero-order valence-electron chi connectivity index (χ0n) is 11.4. The highest BCUT2D eigenvalue weighted by atomic mass is 32.1. The summed E-state index contributed by atoms with van der Waals surface area (Å²) in [7, 11) is 1.59. The summed E-state index contributed by atoms with van der Waals surface area (Å²) in [5.74, 6) is 0.882. The summed E-state index contributed by atoms with van der Waals surface area (Å²) in [6.45, 7) is 0. The summed E-state index contributed by atoms with van der Waals surface area (Å²) in [4.78, 5) is 0. The average Bonchev–Trinajstić information content (AvgIpc) is 2.48. The highest BCUT2D eigenvalue weighted by Gasteiger charge is 2.02. The first kappa shape index (κ1) is 14.8. The van der Waals surface area contributed by atoms with Gasteiger partial charge in [-0.3, -0.25) is 5.43 Å². The second kappa shape index (κ2) is 7.25. The molecule has 0 amide bonds. The number of hydrogen-bond donors (Lipinski definition) is 3. The first-order valence-corrected chi connectivity index (χ1v) is 6.62. The second-order valence-corrected chi connectivity index (χ2v) is 4.53. The number of phenols is 1. The molecule has 0 heterocycles. The Morgan fingerprint density at radius 1 is 1.24 bits per heavy atom. The van der Waals surface area contributed by atoms with Crippen LogP contribution < -0.4 is 15.5 Å². The molecule has 3 N–H and O–H groups in total. The number of nitrogens with zero attached hydrogens (tertiary/aromatic N) is 1. The molecular weight excluding hydrogens is 286 g/mol. The number of aromatic hydroxyl groups is 1. The molecule has 0 saturated heterocycles. The molecule has 21 heavy (non-hydrogen) atoms. The maximum absolute atomic E-state index is 9.34. The van der Waals surface area contributed by atoms with Crippen molar-refractivity contribution in [2.75, 3.05) is 12.4 Å². The van der Waals surface area contributed by atoms with Gasteiger partial charge in [0.15, 0.2) is 5.11 Å². The van der Waals surface area contributed by atoms with Gasteiger partial charge in [-0.05, 0) is 42.0 Å². The summed E-state index contributed by atoms with van der Waals surface area (Å²) in [6.07, 6.45) is 1.57. The van der Waals surface area contributed by atoms with Crippen molar-refractivity contribution in [3.05, 3.63) is 54.1 Å². The van der Waals surface area contributed by atoms with E-state index >= 15 is 0 Å². The summed E-state index contributed by atoms with van der Waals surface area (Å²) >= 11 is 5.14. The molecule has 0 unspecified atom stereocenters. The van der Waals surface area contributed by atoms with E-state index in [1.165, 1.54) is 0 Å². The van der Waals surface area contributed by atoms with Gasteiger partial charge in [-0.2, -0.15) is 5.10 Å². The first-order chi connectivity index (χ1) is 10.2. The molecule has 6 heteroatoms. The van der Waals surface area contributed by atoms with E-state index in [4.69, 9.17) is 17.0 Å². The Bertz CT molecular complexity index is 659. The van der Waals surface area contributed by atoms with Crippen molar-refractivity contribution in [2.24, 2.45) is 5.10 Å². The number of hydrogen-bond acceptors (Lipinski definition) is 4.